The predicted octanol–water partition coefficient (Wildman–Crippen LogP) is 2.57. The number of H-pyrrole nitrogens is 1. The van der Waals surface area contributed by atoms with E-state index in [-0.39, 0.29) is 6.09 Å². The van der Waals surface area contributed by atoms with Gasteiger partial charge in [0.15, 0.2) is 0 Å². The Morgan fingerprint density at radius 1 is 1.50 bits per heavy atom. The summed E-state index contributed by atoms with van der Waals surface area (Å²) in [6.07, 6.45) is 4.22. The van der Waals surface area contributed by atoms with Gasteiger partial charge in [0, 0.05) is 31.2 Å². The number of anilines is 2. The molecule has 3 rings (SSSR count). The normalized spacial score (nSPS) is 13.1. The highest BCUT2D eigenvalue weighted by Crippen LogP contribution is 2.32. The minimum absolute atomic E-state index is 0.333. The predicted molar refractivity (Wildman–Crippen MR) is 85.2 cm³/mol. The van der Waals surface area contributed by atoms with Crippen LogP contribution in [0.2, 0.25) is 0 Å². The van der Waals surface area contributed by atoms with Crippen LogP contribution < -0.4 is 9.80 Å². The van der Waals surface area contributed by atoms with Gasteiger partial charge in [0.25, 0.3) is 0 Å². The zero-order valence-corrected chi connectivity index (χ0v) is 12.9. The number of aromatic amines is 1. The van der Waals surface area contributed by atoms with Crippen molar-refractivity contribution in [1.29, 1.82) is 0 Å². The van der Waals surface area contributed by atoms with Crippen molar-refractivity contribution in [3.05, 3.63) is 42.0 Å². The Balaban J connectivity index is 1.81. The molecular formula is C16H20N4O2. The molecule has 0 aliphatic carbocycles. The number of aromatic nitrogens is 2. The van der Waals surface area contributed by atoms with Crippen molar-refractivity contribution >= 4 is 17.5 Å². The molecule has 1 aromatic carbocycles. The van der Waals surface area contributed by atoms with E-state index in [9.17, 15) is 4.79 Å². The number of hydrogen-bond acceptors (Lipinski definition) is 4. The summed E-state index contributed by atoms with van der Waals surface area (Å²) in [4.78, 5) is 22.9. The molecule has 2 aromatic rings. The monoisotopic (exact) mass is 300 g/mol. The maximum Gasteiger partial charge on any atom is 0.413 e. The molecule has 6 nitrogen and oxygen atoms in total. The highest BCUT2D eigenvalue weighted by molar-refractivity contribution is 5.88. The Morgan fingerprint density at radius 3 is 3.09 bits per heavy atom. The third-order valence-corrected chi connectivity index (χ3v) is 3.91. The molecule has 0 radical (unpaired) electrons. The molecular weight excluding hydrogens is 280 g/mol. The molecule has 2 heterocycles. The molecule has 0 fully saturated rings. The van der Waals surface area contributed by atoms with Crippen molar-refractivity contribution in [2.45, 2.75) is 19.9 Å². The van der Waals surface area contributed by atoms with Crippen LogP contribution in [-0.4, -0.2) is 36.3 Å². The zero-order valence-electron chi connectivity index (χ0n) is 12.9. The van der Waals surface area contributed by atoms with Crippen LogP contribution in [0.1, 0.15) is 18.2 Å². The van der Waals surface area contributed by atoms with Gasteiger partial charge in [0.1, 0.15) is 0 Å². The molecule has 1 aliphatic rings. The first kappa shape index (κ1) is 14.4. The summed E-state index contributed by atoms with van der Waals surface area (Å²) in [7, 11) is 1.73. The summed E-state index contributed by atoms with van der Waals surface area (Å²) < 4.78 is 5.05. The lowest BCUT2D eigenvalue weighted by Crippen LogP contribution is -2.27. The third-order valence-electron chi connectivity index (χ3n) is 3.91. The molecule has 6 heteroatoms. The number of amides is 1. The first-order valence-corrected chi connectivity index (χ1v) is 7.44. The third kappa shape index (κ3) is 2.77. The summed E-state index contributed by atoms with van der Waals surface area (Å²) in [5.74, 6) is 0. The van der Waals surface area contributed by atoms with Crippen LogP contribution in [0.15, 0.2) is 30.7 Å². The molecule has 1 aromatic heterocycles. The Kier molecular flexibility index (Phi) is 4.00. The number of carbonyl (C=O) groups is 1. The number of carbonyl (C=O) groups excluding carboxylic acids is 1. The Bertz CT molecular complexity index is 654. The first-order chi connectivity index (χ1) is 10.7. The average molecular weight is 300 g/mol. The lowest BCUT2D eigenvalue weighted by atomic mass is 10.1. The van der Waals surface area contributed by atoms with E-state index in [0.29, 0.717) is 6.61 Å². The molecule has 1 aliphatic heterocycles. The van der Waals surface area contributed by atoms with Gasteiger partial charge in [-0.3, -0.25) is 4.90 Å². The first-order valence-electron chi connectivity index (χ1n) is 7.44. The van der Waals surface area contributed by atoms with Crippen LogP contribution >= 0.6 is 0 Å². The fourth-order valence-electron chi connectivity index (χ4n) is 2.71. The SMILES string of the molecule is CCOC(=O)N(C)c1ccc2c(c1)N(Cc1cnc[nH]1)CC2. The van der Waals surface area contributed by atoms with E-state index < -0.39 is 0 Å². The Morgan fingerprint density at radius 2 is 2.36 bits per heavy atom. The van der Waals surface area contributed by atoms with Gasteiger partial charge >= 0.3 is 6.09 Å². The van der Waals surface area contributed by atoms with Crippen LogP contribution in [0.3, 0.4) is 0 Å². The number of imidazole rings is 1. The van der Waals surface area contributed by atoms with E-state index in [1.807, 2.05) is 12.3 Å². The van der Waals surface area contributed by atoms with Crippen LogP contribution in [0, 0.1) is 0 Å². The fraction of sp³-hybridized carbons (Fsp3) is 0.375. The van der Waals surface area contributed by atoms with Gasteiger partial charge in [0.2, 0.25) is 0 Å². The van der Waals surface area contributed by atoms with E-state index in [2.05, 4.69) is 27.0 Å². The molecule has 0 saturated carbocycles. The molecule has 0 atom stereocenters. The van der Waals surface area contributed by atoms with E-state index in [1.54, 1.807) is 20.3 Å². The number of nitrogens with one attached hydrogen (secondary N) is 1. The maximum atomic E-state index is 11.9. The molecule has 0 spiro atoms. The van der Waals surface area contributed by atoms with E-state index in [4.69, 9.17) is 4.74 Å². The highest BCUT2D eigenvalue weighted by atomic mass is 16.6. The van der Waals surface area contributed by atoms with Gasteiger partial charge in [-0.15, -0.1) is 0 Å². The number of ether oxygens (including phenoxy) is 1. The summed E-state index contributed by atoms with van der Waals surface area (Å²) in [5, 5.41) is 0. The van der Waals surface area contributed by atoms with E-state index in [1.165, 1.54) is 16.2 Å². The standard InChI is InChI=1S/C16H20N4O2/c1-3-22-16(21)19(2)14-5-4-12-6-7-20(15(12)8-14)10-13-9-17-11-18-13/h4-5,8-9,11H,3,6-7,10H2,1-2H3,(H,17,18). The van der Waals surface area contributed by atoms with Crippen molar-refractivity contribution in [3.63, 3.8) is 0 Å². The molecule has 1 amide bonds. The lowest BCUT2D eigenvalue weighted by Gasteiger charge is -2.21. The second-order valence-corrected chi connectivity index (χ2v) is 5.32. The van der Waals surface area contributed by atoms with Crippen LogP contribution in [0.25, 0.3) is 0 Å². The van der Waals surface area contributed by atoms with Crippen molar-refractivity contribution in [2.24, 2.45) is 0 Å². The minimum atomic E-state index is -0.333. The van der Waals surface area contributed by atoms with Gasteiger partial charge in [-0.25, -0.2) is 9.78 Å². The van der Waals surface area contributed by atoms with Gasteiger partial charge < -0.3 is 14.6 Å². The molecule has 0 unspecified atom stereocenters. The largest absolute Gasteiger partial charge is 0.449 e. The lowest BCUT2D eigenvalue weighted by molar-refractivity contribution is 0.161. The summed E-state index contributed by atoms with van der Waals surface area (Å²) >= 11 is 0. The smallest absolute Gasteiger partial charge is 0.413 e. The summed E-state index contributed by atoms with van der Waals surface area (Å²) in [6, 6.07) is 6.11. The number of rotatable bonds is 4. The zero-order chi connectivity index (χ0) is 15.5. The van der Waals surface area contributed by atoms with E-state index >= 15 is 0 Å². The van der Waals surface area contributed by atoms with Crippen molar-refractivity contribution in [3.8, 4) is 0 Å². The Hall–Kier alpha value is -2.50. The van der Waals surface area contributed by atoms with Gasteiger partial charge in [-0.1, -0.05) is 6.07 Å². The average Bonchev–Trinajstić information content (AvgIpc) is 3.17. The molecule has 1 N–H and O–H groups in total. The van der Waals surface area contributed by atoms with Crippen molar-refractivity contribution < 1.29 is 9.53 Å². The van der Waals surface area contributed by atoms with Gasteiger partial charge in [0.05, 0.1) is 25.2 Å². The second-order valence-electron chi connectivity index (χ2n) is 5.32. The van der Waals surface area contributed by atoms with Crippen LogP contribution in [-0.2, 0) is 17.7 Å². The number of benzene rings is 1. The molecule has 22 heavy (non-hydrogen) atoms. The molecule has 116 valence electrons. The Labute approximate surface area is 129 Å². The maximum absolute atomic E-state index is 11.9. The topological polar surface area (TPSA) is 61.5 Å². The van der Waals surface area contributed by atoms with Crippen LogP contribution in [0.5, 0.6) is 0 Å². The number of fused-ring (bicyclic) bond motifs is 1. The molecule has 0 saturated heterocycles. The number of nitrogens with zero attached hydrogens (tertiary/aromatic N) is 3. The van der Waals surface area contributed by atoms with Crippen LogP contribution in [0.4, 0.5) is 16.2 Å². The van der Waals surface area contributed by atoms with Crippen molar-refractivity contribution in [2.75, 3.05) is 30.0 Å². The summed E-state index contributed by atoms with van der Waals surface area (Å²) in [6.45, 7) is 3.95. The number of hydrogen-bond donors (Lipinski definition) is 1. The van der Waals surface area contributed by atoms with Gasteiger partial charge in [-0.2, -0.15) is 0 Å². The minimum Gasteiger partial charge on any atom is -0.449 e. The molecule has 0 bridgehead atoms. The second kappa shape index (κ2) is 6.09. The fourth-order valence-corrected chi connectivity index (χ4v) is 2.71. The van der Waals surface area contributed by atoms with Gasteiger partial charge in [-0.05, 0) is 31.0 Å². The van der Waals surface area contributed by atoms with E-state index in [0.717, 1.165) is 30.9 Å². The summed E-state index contributed by atoms with van der Waals surface area (Å²) in [5.41, 5.74) is 4.40. The van der Waals surface area contributed by atoms with Crippen molar-refractivity contribution in [1.82, 2.24) is 9.97 Å². The quantitative estimate of drug-likeness (QED) is 0.942. The highest BCUT2D eigenvalue weighted by Gasteiger charge is 2.22.